The molecule has 0 radical (unpaired) electrons. The predicted octanol–water partition coefficient (Wildman–Crippen LogP) is 5.29. The molecule has 4 rings (SSSR count). The Morgan fingerprint density at radius 1 is 1.28 bits per heavy atom. The quantitative estimate of drug-likeness (QED) is 0.424. The molecule has 10 heteroatoms. The van der Waals surface area contributed by atoms with Crippen molar-refractivity contribution in [3.63, 3.8) is 0 Å². The first-order valence-electron chi connectivity index (χ1n) is 9.41. The Morgan fingerprint density at radius 2 is 2.06 bits per heavy atom. The summed E-state index contributed by atoms with van der Waals surface area (Å²) in [5.74, 6) is -0.163. The molecule has 1 aliphatic rings. The summed E-state index contributed by atoms with van der Waals surface area (Å²) in [6, 6.07) is 12.8. The molecule has 0 saturated carbocycles. The van der Waals surface area contributed by atoms with E-state index in [-0.39, 0.29) is 23.6 Å². The van der Waals surface area contributed by atoms with Gasteiger partial charge in [-0.15, -0.1) is 11.3 Å². The van der Waals surface area contributed by atoms with E-state index < -0.39 is 0 Å². The normalized spacial score (nSPS) is 14.8. The molecule has 0 unspecified atom stereocenters. The predicted molar refractivity (Wildman–Crippen MR) is 132 cm³/mol. The zero-order valence-electron chi connectivity index (χ0n) is 16.8. The standard InChI is InChI=1S/C22H17BrN4O3S2/c1-13-2-5-16(6-3-13)26-19(28)12-30-17-7-4-15(23)10-14(17)11-18-20(29)27(21(24)32-18)22-25-8-9-31-22/h2-11,24H,12H2,1H3,(H,26,28)/b18-11-,24-21?. The number of benzene rings is 2. The number of thioether (sulfide) groups is 1. The van der Waals surface area contributed by atoms with Gasteiger partial charge in [0.15, 0.2) is 16.9 Å². The molecule has 2 N–H and O–H groups in total. The van der Waals surface area contributed by atoms with Crippen molar-refractivity contribution < 1.29 is 14.3 Å². The number of aryl methyl sites for hydroxylation is 1. The van der Waals surface area contributed by atoms with Crippen LogP contribution in [-0.4, -0.2) is 28.6 Å². The smallest absolute Gasteiger partial charge is 0.273 e. The highest BCUT2D eigenvalue weighted by Gasteiger charge is 2.35. The highest BCUT2D eigenvalue weighted by Crippen LogP contribution is 2.37. The zero-order valence-corrected chi connectivity index (χ0v) is 20.0. The fraction of sp³-hybridized carbons (Fsp3) is 0.0909. The van der Waals surface area contributed by atoms with Gasteiger partial charge in [-0.3, -0.25) is 15.0 Å². The van der Waals surface area contributed by atoms with Crippen molar-refractivity contribution in [3.8, 4) is 5.75 Å². The van der Waals surface area contributed by atoms with Gasteiger partial charge in [0.1, 0.15) is 5.75 Å². The van der Waals surface area contributed by atoms with Crippen molar-refractivity contribution in [2.24, 2.45) is 0 Å². The number of aromatic nitrogens is 1. The summed E-state index contributed by atoms with van der Waals surface area (Å²) in [7, 11) is 0. The monoisotopic (exact) mass is 528 g/mol. The number of rotatable bonds is 6. The van der Waals surface area contributed by atoms with Crippen molar-refractivity contribution in [2.75, 3.05) is 16.8 Å². The second-order valence-corrected chi connectivity index (χ2v) is 9.58. The van der Waals surface area contributed by atoms with Gasteiger partial charge in [-0.1, -0.05) is 33.6 Å². The number of amidine groups is 1. The first-order chi connectivity index (χ1) is 15.4. The van der Waals surface area contributed by atoms with Crippen LogP contribution in [-0.2, 0) is 9.59 Å². The first kappa shape index (κ1) is 22.3. The van der Waals surface area contributed by atoms with E-state index in [0.29, 0.717) is 27.0 Å². The van der Waals surface area contributed by atoms with Gasteiger partial charge in [-0.05, 0) is 55.1 Å². The molecule has 2 amide bonds. The lowest BCUT2D eigenvalue weighted by Crippen LogP contribution is -2.27. The van der Waals surface area contributed by atoms with Crippen molar-refractivity contribution in [2.45, 2.75) is 6.92 Å². The molecular formula is C22H17BrN4O3S2. The number of anilines is 2. The summed E-state index contributed by atoms with van der Waals surface area (Å²) in [6.07, 6.45) is 3.25. The molecule has 1 aliphatic heterocycles. The summed E-state index contributed by atoms with van der Waals surface area (Å²) in [5, 5.41) is 13.2. The number of ether oxygens (including phenoxy) is 1. The molecule has 1 saturated heterocycles. The van der Waals surface area contributed by atoms with Crippen LogP contribution in [0.1, 0.15) is 11.1 Å². The molecule has 162 valence electrons. The van der Waals surface area contributed by atoms with Crippen LogP contribution >= 0.6 is 39.0 Å². The van der Waals surface area contributed by atoms with Crippen LogP contribution in [0.4, 0.5) is 10.8 Å². The summed E-state index contributed by atoms with van der Waals surface area (Å²) >= 11 is 5.77. The molecule has 0 atom stereocenters. The molecule has 0 aliphatic carbocycles. The molecule has 3 aromatic rings. The molecule has 1 aromatic heterocycles. The highest BCUT2D eigenvalue weighted by molar-refractivity contribution is 9.10. The van der Waals surface area contributed by atoms with Crippen LogP contribution in [0.25, 0.3) is 6.08 Å². The minimum atomic E-state index is -0.321. The van der Waals surface area contributed by atoms with Gasteiger partial charge >= 0.3 is 0 Å². The second-order valence-electron chi connectivity index (χ2n) is 6.76. The Kier molecular flexibility index (Phi) is 6.73. The molecule has 2 aromatic carbocycles. The zero-order chi connectivity index (χ0) is 22.7. The van der Waals surface area contributed by atoms with Crippen LogP contribution in [0.3, 0.4) is 0 Å². The van der Waals surface area contributed by atoms with Gasteiger partial charge in [0, 0.05) is 27.3 Å². The summed E-state index contributed by atoms with van der Waals surface area (Å²) < 4.78 is 6.54. The van der Waals surface area contributed by atoms with Crippen LogP contribution in [0.15, 0.2) is 63.4 Å². The maximum atomic E-state index is 12.9. The lowest BCUT2D eigenvalue weighted by atomic mass is 10.2. The number of thiazole rings is 1. The summed E-state index contributed by atoms with van der Waals surface area (Å²) in [5.41, 5.74) is 2.41. The van der Waals surface area contributed by atoms with Crippen LogP contribution in [0.5, 0.6) is 5.75 Å². The number of hydrogen-bond acceptors (Lipinski definition) is 7. The second kappa shape index (κ2) is 9.68. The van der Waals surface area contributed by atoms with E-state index in [1.165, 1.54) is 16.2 Å². The topological polar surface area (TPSA) is 95.4 Å². The SMILES string of the molecule is Cc1ccc(NC(=O)COc2ccc(Br)cc2/C=C2\SC(=N)N(c3nccs3)C2=O)cc1. The highest BCUT2D eigenvalue weighted by atomic mass is 79.9. The maximum Gasteiger partial charge on any atom is 0.273 e. The van der Waals surface area contributed by atoms with Crippen molar-refractivity contribution in [1.29, 1.82) is 5.41 Å². The molecule has 2 heterocycles. The Bertz CT molecular complexity index is 1210. The number of carbonyl (C=O) groups is 2. The fourth-order valence-electron chi connectivity index (χ4n) is 2.87. The molecule has 7 nitrogen and oxygen atoms in total. The summed E-state index contributed by atoms with van der Waals surface area (Å²) in [6.45, 7) is 1.79. The lowest BCUT2D eigenvalue weighted by molar-refractivity contribution is -0.118. The van der Waals surface area contributed by atoms with Crippen molar-refractivity contribution in [1.82, 2.24) is 4.98 Å². The van der Waals surface area contributed by atoms with E-state index in [2.05, 4.69) is 26.2 Å². The largest absolute Gasteiger partial charge is 0.483 e. The van der Waals surface area contributed by atoms with Gasteiger partial charge in [0.25, 0.3) is 11.8 Å². The third-order valence-corrected chi connectivity index (χ3v) is 6.52. The van der Waals surface area contributed by atoms with E-state index in [9.17, 15) is 9.59 Å². The molecule has 32 heavy (non-hydrogen) atoms. The lowest BCUT2D eigenvalue weighted by Gasteiger charge is -2.11. The van der Waals surface area contributed by atoms with E-state index in [1.54, 1.807) is 35.9 Å². The Morgan fingerprint density at radius 3 is 2.78 bits per heavy atom. The third-order valence-electron chi connectivity index (χ3n) is 4.39. The van der Waals surface area contributed by atoms with Crippen molar-refractivity contribution >= 4 is 72.9 Å². The molecule has 0 bridgehead atoms. The minimum Gasteiger partial charge on any atom is -0.483 e. The number of hydrogen-bond donors (Lipinski definition) is 2. The van der Waals surface area contributed by atoms with E-state index in [0.717, 1.165) is 21.8 Å². The van der Waals surface area contributed by atoms with Gasteiger partial charge < -0.3 is 10.1 Å². The van der Waals surface area contributed by atoms with Crippen LogP contribution < -0.4 is 15.0 Å². The van der Waals surface area contributed by atoms with E-state index in [1.807, 2.05) is 31.2 Å². The average molecular weight is 529 g/mol. The van der Waals surface area contributed by atoms with Crippen molar-refractivity contribution in [3.05, 3.63) is 74.5 Å². The summed E-state index contributed by atoms with van der Waals surface area (Å²) in [4.78, 5) is 30.9. The maximum absolute atomic E-state index is 12.9. The Balaban J connectivity index is 1.50. The Hall–Kier alpha value is -2.95. The molecule has 1 fully saturated rings. The molecular weight excluding hydrogens is 512 g/mol. The number of nitrogens with zero attached hydrogens (tertiary/aromatic N) is 2. The van der Waals surface area contributed by atoms with Gasteiger partial charge in [0.05, 0.1) is 4.91 Å². The van der Waals surface area contributed by atoms with E-state index in [4.69, 9.17) is 10.1 Å². The van der Waals surface area contributed by atoms with Gasteiger partial charge in [0.2, 0.25) is 0 Å². The Labute approximate surface area is 201 Å². The number of amides is 2. The minimum absolute atomic E-state index is 0.0890. The fourth-order valence-corrected chi connectivity index (χ4v) is 4.78. The van der Waals surface area contributed by atoms with E-state index >= 15 is 0 Å². The molecule has 0 spiro atoms. The first-order valence-corrected chi connectivity index (χ1v) is 11.9. The van der Waals surface area contributed by atoms with Gasteiger partial charge in [-0.25, -0.2) is 9.88 Å². The number of nitrogens with one attached hydrogen (secondary N) is 2. The van der Waals surface area contributed by atoms with Crippen LogP contribution in [0.2, 0.25) is 0 Å². The number of carbonyl (C=O) groups excluding carboxylic acids is 2. The third kappa shape index (κ3) is 5.09. The van der Waals surface area contributed by atoms with Gasteiger partial charge in [-0.2, -0.15) is 0 Å². The number of halogens is 1. The average Bonchev–Trinajstić information content (AvgIpc) is 3.37. The van der Waals surface area contributed by atoms with Crippen LogP contribution in [0, 0.1) is 12.3 Å².